The molecule has 0 saturated heterocycles. The van der Waals surface area contributed by atoms with Gasteiger partial charge in [0, 0.05) is 16.7 Å². The molecule has 0 N–H and O–H groups in total. The van der Waals surface area contributed by atoms with Crippen molar-refractivity contribution < 1.29 is 19.1 Å². The van der Waals surface area contributed by atoms with Gasteiger partial charge in [0.1, 0.15) is 0 Å². The number of unbranched alkanes of at least 4 members (excludes halogenated alkanes) is 26. The second kappa shape index (κ2) is 43.3. The van der Waals surface area contributed by atoms with Crippen LogP contribution in [0.15, 0.2) is 59.7 Å². The molecule has 2 aromatic carbocycles. The molecule has 0 unspecified atom stereocenters. The topological polar surface area (TPSA) is 25.3 Å². The van der Waals surface area contributed by atoms with E-state index >= 15 is 0 Å². The number of nitrogens with zero attached hydrogens (tertiary/aromatic N) is 2. The maximum atomic E-state index is 12.6. The number of hydrogen-bond donors (Lipinski definition) is 0. The van der Waals surface area contributed by atoms with Crippen LogP contribution in [-0.2, 0) is 40.1 Å². The van der Waals surface area contributed by atoms with Gasteiger partial charge in [-0.2, -0.15) is 0 Å². The summed E-state index contributed by atoms with van der Waals surface area (Å²) in [5.74, 6) is 0. The zero-order valence-corrected chi connectivity index (χ0v) is 48.1. The summed E-state index contributed by atoms with van der Waals surface area (Å²) in [6.07, 6.45) is 53.9. The van der Waals surface area contributed by atoms with Gasteiger partial charge >= 0.3 is 64.8 Å². The fourth-order valence-corrected chi connectivity index (χ4v) is 11.3. The van der Waals surface area contributed by atoms with Crippen LogP contribution in [0, 0.1) is 0 Å². The van der Waals surface area contributed by atoms with Crippen molar-refractivity contribution in [3.05, 3.63) is 98.6 Å². The van der Waals surface area contributed by atoms with Crippen LogP contribution in [0.5, 0.6) is 0 Å². The van der Waals surface area contributed by atoms with Crippen LogP contribution < -0.4 is 0 Å². The zero-order valence-electron chi connectivity index (χ0n) is 47.1. The van der Waals surface area contributed by atoms with Crippen LogP contribution in [0.2, 0.25) is 10.8 Å². The second-order valence-corrected chi connectivity index (χ2v) is 22.3. The summed E-state index contributed by atoms with van der Waals surface area (Å²) in [6, 6.07) is 14.6. The molecule has 1 aliphatic heterocycles. The first-order chi connectivity index (χ1) is 33.9. The van der Waals surface area contributed by atoms with Crippen LogP contribution in [0.25, 0.3) is 16.9 Å². The Labute approximate surface area is 437 Å². The standard InChI is InChI=1S/C58H94N2.2C4H9.Ni/c1-7-13-18-21-22-23-24-25-26-27-28-29-30-31-32-37-42-56-55(12-6)57(53-45-49(38-33-16-10-4)43-51(46-53)40-35-19-14-8-2)60(59)58(56)54-47-50(39-34-17-11-5)44-52(48-54)41-36-20-15-9-3;2*1-3-4-2;/h37,42-48H,7-36,38-41H2,1-6H3;2*1,3-4H2,2H3;. The molecule has 3 heteroatoms. The van der Waals surface area contributed by atoms with E-state index in [2.05, 4.69) is 104 Å². The molecular formula is C66H112N2Ni. The van der Waals surface area contributed by atoms with Crippen molar-refractivity contribution in [1.82, 2.24) is 0 Å². The van der Waals surface area contributed by atoms with E-state index in [-0.39, 0.29) is 0 Å². The van der Waals surface area contributed by atoms with Gasteiger partial charge < -0.3 is 5.53 Å². The van der Waals surface area contributed by atoms with Crippen molar-refractivity contribution in [3.8, 4) is 0 Å². The normalized spacial score (nSPS) is 12.9. The number of hydrogen-bond acceptors (Lipinski definition) is 0. The van der Waals surface area contributed by atoms with Gasteiger partial charge in [-0.15, -0.1) is 0 Å². The van der Waals surface area contributed by atoms with Crippen molar-refractivity contribution in [2.75, 3.05) is 0 Å². The summed E-state index contributed by atoms with van der Waals surface area (Å²) in [5, 5.41) is 2.78. The Morgan fingerprint density at radius 3 is 1.07 bits per heavy atom. The first-order valence-electron chi connectivity index (χ1n) is 30.3. The van der Waals surface area contributed by atoms with Crippen LogP contribution in [0.4, 0.5) is 0 Å². The second-order valence-electron chi connectivity index (χ2n) is 20.8. The Hall–Kier alpha value is -2.25. The van der Waals surface area contributed by atoms with E-state index in [4.69, 9.17) is 0 Å². The molecule has 0 amide bonds. The van der Waals surface area contributed by atoms with E-state index in [9.17, 15) is 5.53 Å². The monoisotopic (exact) mass is 991 g/mol. The summed E-state index contributed by atoms with van der Waals surface area (Å²) in [7, 11) is 0. The van der Waals surface area contributed by atoms with Crippen LogP contribution in [-0.4, -0.2) is 4.70 Å². The number of allylic oxidation sites excluding steroid dienone is 4. The number of aryl methyl sites for hydroxylation is 4. The molecule has 0 bridgehead atoms. The molecule has 0 spiro atoms. The first-order valence-corrected chi connectivity index (χ1v) is 31.7. The molecule has 3 rings (SSSR count). The Bertz CT molecular complexity index is 1670. The minimum atomic E-state index is 0.889. The fraction of sp³-hybridized carbons (Fsp3) is 0.727. The van der Waals surface area contributed by atoms with Gasteiger partial charge in [-0.05, 0) is 117 Å². The Morgan fingerprint density at radius 1 is 0.377 bits per heavy atom. The van der Waals surface area contributed by atoms with E-state index < -0.39 is 0 Å². The minimum absolute atomic E-state index is 0.889. The van der Waals surface area contributed by atoms with E-state index in [1.807, 2.05) is 14.4 Å². The van der Waals surface area contributed by atoms with Gasteiger partial charge in [0.2, 0.25) is 11.4 Å². The molecule has 0 fully saturated rings. The summed E-state index contributed by atoms with van der Waals surface area (Å²) < 4.78 is 1.63. The Kier molecular flexibility index (Phi) is 39.5. The molecule has 2 nitrogen and oxygen atoms in total. The third-order valence-electron chi connectivity index (χ3n) is 14.2. The predicted octanol–water partition coefficient (Wildman–Crippen LogP) is 22.9. The van der Waals surface area contributed by atoms with Gasteiger partial charge in [-0.1, -0.05) is 214 Å². The molecule has 69 heavy (non-hydrogen) atoms. The predicted molar refractivity (Wildman–Crippen MR) is 306 cm³/mol. The van der Waals surface area contributed by atoms with Crippen molar-refractivity contribution >= 4 is 11.4 Å². The maximum absolute atomic E-state index is 12.6. The molecule has 0 aromatic heterocycles. The summed E-state index contributed by atoms with van der Waals surface area (Å²) >= 11 is 1.94. The van der Waals surface area contributed by atoms with E-state index in [0.717, 1.165) is 49.9 Å². The van der Waals surface area contributed by atoms with E-state index in [1.165, 1.54) is 261 Å². The number of benzene rings is 2. The SMILES string of the molecule is CCCCCCCCCCCCCCCCC=CC1=C(c2cc(CCCCC)cc(CCCCCC)c2)[N+](=[N-])C(c2cc(CCCCC)cc(CCCCCC)c2)=C1CC.CCC[CH2][Ni][CH2]CCC. The molecule has 0 atom stereocenters. The molecule has 0 radical (unpaired) electrons. The molecule has 2 aromatic rings. The van der Waals surface area contributed by atoms with Gasteiger partial charge in [-0.25, -0.2) is 4.70 Å². The summed E-state index contributed by atoms with van der Waals surface area (Å²) in [4.78, 5) is 0. The zero-order chi connectivity index (χ0) is 50.0. The molecule has 0 aliphatic carbocycles. The summed E-state index contributed by atoms with van der Waals surface area (Å²) in [6.45, 7) is 18.3. The number of rotatable bonds is 43. The van der Waals surface area contributed by atoms with Crippen LogP contribution >= 0.6 is 0 Å². The van der Waals surface area contributed by atoms with Gasteiger partial charge in [0.25, 0.3) is 0 Å². The summed E-state index contributed by atoms with van der Waals surface area (Å²) in [5.41, 5.74) is 25.2. The molecule has 396 valence electrons. The Balaban J connectivity index is 0.00000164. The fourth-order valence-electron chi connectivity index (χ4n) is 9.90. The van der Waals surface area contributed by atoms with E-state index in [0.29, 0.717) is 0 Å². The first kappa shape index (κ1) is 62.9. The van der Waals surface area contributed by atoms with Crippen molar-refractivity contribution in [2.45, 2.75) is 310 Å². The molecule has 1 aliphatic rings. The van der Waals surface area contributed by atoms with E-state index in [1.54, 1.807) is 4.70 Å². The van der Waals surface area contributed by atoms with Gasteiger partial charge in [0.05, 0.1) is 5.57 Å². The average Bonchev–Trinajstić information content (AvgIpc) is 3.64. The third-order valence-corrected chi connectivity index (χ3v) is 15.6. The molecule has 0 saturated carbocycles. The van der Waals surface area contributed by atoms with Crippen molar-refractivity contribution in [1.29, 1.82) is 0 Å². The van der Waals surface area contributed by atoms with Crippen molar-refractivity contribution in [3.63, 3.8) is 0 Å². The van der Waals surface area contributed by atoms with Gasteiger partial charge in [-0.3, -0.25) is 0 Å². The Morgan fingerprint density at radius 2 is 0.696 bits per heavy atom. The van der Waals surface area contributed by atoms with Gasteiger partial charge in [0.15, 0.2) is 0 Å². The average molecular weight is 992 g/mol. The quantitative estimate of drug-likeness (QED) is 0.0359. The third kappa shape index (κ3) is 28.0. The van der Waals surface area contributed by atoms with Crippen molar-refractivity contribution in [2.24, 2.45) is 0 Å². The van der Waals surface area contributed by atoms with Crippen LogP contribution in [0.3, 0.4) is 0 Å². The molecule has 1 heterocycles. The molecular weight excluding hydrogens is 879 g/mol. The van der Waals surface area contributed by atoms with Crippen LogP contribution in [0.1, 0.15) is 307 Å².